The average Bonchev–Trinajstić information content (AvgIpc) is 2.71. The summed E-state index contributed by atoms with van der Waals surface area (Å²) in [6.45, 7) is 1.08. The smallest absolute Gasteiger partial charge is 0.158 e. The molecule has 0 aliphatic carbocycles. The lowest BCUT2D eigenvalue weighted by Gasteiger charge is -2.36. The second-order valence-corrected chi connectivity index (χ2v) is 7.46. The van der Waals surface area contributed by atoms with Gasteiger partial charge >= 0.3 is 0 Å². The fourth-order valence-electron chi connectivity index (χ4n) is 3.26. The molecule has 146 valence electrons. The average molecular weight is 482 g/mol. The lowest BCUT2D eigenvalue weighted by molar-refractivity contribution is -0.230. The van der Waals surface area contributed by atoms with E-state index in [4.69, 9.17) is 18.9 Å². The van der Waals surface area contributed by atoms with Gasteiger partial charge in [-0.1, -0.05) is 83.3 Å². The third-order valence-electron chi connectivity index (χ3n) is 4.66. The van der Waals surface area contributed by atoms with Crippen LogP contribution >= 0.6 is 22.6 Å². The minimum atomic E-state index is -0.272. The Kier molecular flexibility index (Phi) is 8.54. The highest BCUT2D eigenvalue weighted by Gasteiger charge is 2.34. The van der Waals surface area contributed by atoms with Gasteiger partial charge < -0.3 is 18.9 Å². The van der Waals surface area contributed by atoms with Crippen LogP contribution in [-0.2, 0) is 18.9 Å². The third kappa shape index (κ3) is 5.99. The molecular weight excluding hydrogens is 455 g/mol. The van der Waals surface area contributed by atoms with Gasteiger partial charge in [0, 0.05) is 18.0 Å². The van der Waals surface area contributed by atoms with E-state index in [0.29, 0.717) is 13.2 Å². The number of methoxy groups -OCH3 is 1. The zero-order chi connectivity index (χ0) is 18.9. The molecule has 0 aromatic heterocycles. The van der Waals surface area contributed by atoms with Crippen molar-refractivity contribution >= 4 is 22.6 Å². The number of rotatable bonds is 7. The van der Waals surface area contributed by atoms with Gasteiger partial charge in [-0.25, -0.2) is 0 Å². The molecule has 1 aliphatic heterocycles. The van der Waals surface area contributed by atoms with Gasteiger partial charge in [0.2, 0.25) is 0 Å². The maximum Gasteiger partial charge on any atom is 0.158 e. The highest BCUT2D eigenvalue weighted by molar-refractivity contribution is 14.1. The van der Waals surface area contributed by atoms with Crippen LogP contribution in [0.2, 0.25) is 0 Å². The summed E-state index contributed by atoms with van der Waals surface area (Å²) in [7, 11) is 1.68. The summed E-state index contributed by atoms with van der Waals surface area (Å²) in [6, 6.07) is 20.6. The first kappa shape index (κ1) is 20.7. The van der Waals surface area contributed by atoms with Crippen LogP contribution in [0.3, 0.4) is 0 Å². The van der Waals surface area contributed by atoms with E-state index in [1.807, 2.05) is 36.4 Å². The van der Waals surface area contributed by atoms with E-state index < -0.39 is 0 Å². The van der Waals surface area contributed by atoms with Crippen LogP contribution in [0.25, 0.3) is 0 Å². The molecule has 1 saturated heterocycles. The number of hydrogen-bond acceptors (Lipinski definition) is 4. The van der Waals surface area contributed by atoms with Crippen molar-refractivity contribution < 1.29 is 18.9 Å². The first-order valence-corrected chi connectivity index (χ1v) is 10.9. The molecule has 0 unspecified atom stereocenters. The Labute approximate surface area is 175 Å². The predicted molar refractivity (Wildman–Crippen MR) is 114 cm³/mol. The van der Waals surface area contributed by atoms with Crippen molar-refractivity contribution in [1.82, 2.24) is 0 Å². The van der Waals surface area contributed by atoms with Crippen molar-refractivity contribution in [3.8, 4) is 0 Å². The van der Waals surface area contributed by atoms with Crippen molar-refractivity contribution in [3.05, 3.63) is 71.8 Å². The Bertz CT molecular complexity index is 652. The standard InChI is InChI=1S/C22H27IO4/c1-24-14-15-25-20-13-12-19(16-23)26-21(17-8-4-2-5-9-17)22(27-20)18-10-6-3-7-11-18/h2-11,19-22H,12-16H2,1H3/t19-,20-,21+,22+/m0/s1. The third-order valence-corrected chi connectivity index (χ3v) is 5.64. The van der Waals surface area contributed by atoms with E-state index in [9.17, 15) is 0 Å². The second-order valence-electron chi connectivity index (χ2n) is 6.58. The molecule has 3 rings (SSSR count). The molecule has 2 aromatic rings. The number of ether oxygens (including phenoxy) is 4. The summed E-state index contributed by atoms with van der Waals surface area (Å²) < 4.78 is 25.1. The van der Waals surface area contributed by atoms with Gasteiger partial charge in [0.25, 0.3) is 0 Å². The van der Waals surface area contributed by atoms with Gasteiger partial charge in [-0.3, -0.25) is 0 Å². The van der Waals surface area contributed by atoms with Crippen molar-refractivity contribution in [2.24, 2.45) is 0 Å². The molecule has 1 fully saturated rings. The van der Waals surface area contributed by atoms with E-state index in [2.05, 4.69) is 46.9 Å². The number of benzene rings is 2. The van der Waals surface area contributed by atoms with E-state index in [1.54, 1.807) is 7.11 Å². The fraction of sp³-hybridized carbons (Fsp3) is 0.455. The van der Waals surface area contributed by atoms with Crippen molar-refractivity contribution in [3.63, 3.8) is 0 Å². The van der Waals surface area contributed by atoms with Crippen LogP contribution in [0.15, 0.2) is 60.7 Å². The molecule has 0 N–H and O–H groups in total. The molecule has 4 atom stereocenters. The summed E-state index contributed by atoms with van der Waals surface area (Å²) in [6.07, 6.45) is 1.20. The molecule has 0 amide bonds. The monoisotopic (exact) mass is 482 g/mol. The molecule has 2 aromatic carbocycles. The summed E-state index contributed by atoms with van der Waals surface area (Å²) >= 11 is 2.40. The fourth-order valence-corrected chi connectivity index (χ4v) is 3.91. The number of alkyl halides is 1. The SMILES string of the molecule is COCCO[C@@H]1CC[C@@H](CI)O[C@H](c2ccccc2)[C@@H](c2ccccc2)O1. The highest BCUT2D eigenvalue weighted by atomic mass is 127. The van der Waals surface area contributed by atoms with Crippen molar-refractivity contribution in [2.45, 2.75) is 37.4 Å². The normalized spacial score (nSPS) is 26.3. The van der Waals surface area contributed by atoms with Gasteiger partial charge in [-0.15, -0.1) is 0 Å². The lowest BCUT2D eigenvalue weighted by atomic mass is 9.96. The largest absolute Gasteiger partial charge is 0.382 e. The highest BCUT2D eigenvalue weighted by Crippen LogP contribution is 2.40. The molecule has 5 heteroatoms. The number of hydrogen-bond donors (Lipinski definition) is 0. The van der Waals surface area contributed by atoms with E-state index in [0.717, 1.165) is 28.4 Å². The van der Waals surface area contributed by atoms with Crippen LogP contribution in [0.4, 0.5) is 0 Å². The minimum absolute atomic E-state index is 0.166. The molecule has 1 aliphatic rings. The van der Waals surface area contributed by atoms with Crippen LogP contribution in [-0.4, -0.2) is 37.1 Å². The molecule has 27 heavy (non-hydrogen) atoms. The maximum absolute atomic E-state index is 6.55. The summed E-state index contributed by atoms with van der Waals surface area (Å²) in [5, 5.41) is 0. The van der Waals surface area contributed by atoms with Gasteiger partial charge in [-0.05, 0) is 17.5 Å². The van der Waals surface area contributed by atoms with E-state index in [-0.39, 0.29) is 24.6 Å². The second kappa shape index (κ2) is 11.1. The molecule has 4 nitrogen and oxygen atoms in total. The van der Waals surface area contributed by atoms with Crippen molar-refractivity contribution in [2.75, 3.05) is 24.8 Å². The lowest BCUT2D eigenvalue weighted by Crippen LogP contribution is -2.33. The topological polar surface area (TPSA) is 36.9 Å². The first-order chi connectivity index (χ1) is 13.3. The summed E-state index contributed by atoms with van der Waals surface area (Å²) in [5.41, 5.74) is 2.22. The van der Waals surface area contributed by atoms with E-state index >= 15 is 0 Å². The zero-order valence-electron chi connectivity index (χ0n) is 15.6. The van der Waals surface area contributed by atoms with Crippen LogP contribution < -0.4 is 0 Å². The van der Waals surface area contributed by atoms with Gasteiger partial charge in [-0.2, -0.15) is 0 Å². The molecule has 0 saturated carbocycles. The Morgan fingerprint density at radius 2 is 1.44 bits per heavy atom. The molecule has 0 radical (unpaired) electrons. The Balaban J connectivity index is 1.91. The quantitative estimate of drug-likeness (QED) is 0.313. The molecule has 1 heterocycles. The van der Waals surface area contributed by atoms with Crippen LogP contribution in [0.1, 0.15) is 36.2 Å². The Morgan fingerprint density at radius 3 is 2.00 bits per heavy atom. The maximum atomic E-state index is 6.55. The van der Waals surface area contributed by atoms with Gasteiger partial charge in [0.05, 0.1) is 19.3 Å². The Hall–Kier alpha value is -0.990. The van der Waals surface area contributed by atoms with Crippen molar-refractivity contribution in [1.29, 1.82) is 0 Å². The number of halogens is 1. The zero-order valence-corrected chi connectivity index (χ0v) is 17.8. The van der Waals surface area contributed by atoms with Gasteiger partial charge in [0.15, 0.2) is 6.29 Å². The van der Waals surface area contributed by atoms with Gasteiger partial charge in [0.1, 0.15) is 12.2 Å². The predicted octanol–water partition coefficient (Wildman–Crippen LogP) is 5.09. The molecular formula is C22H27IO4. The van der Waals surface area contributed by atoms with Crippen LogP contribution in [0, 0.1) is 0 Å². The van der Waals surface area contributed by atoms with Crippen LogP contribution in [0.5, 0.6) is 0 Å². The first-order valence-electron chi connectivity index (χ1n) is 9.39. The molecule has 0 bridgehead atoms. The summed E-state index contributed by atoms with van der Waals surface area (Å²) in [5.74, 6) is 0. The Morgan fingerprint density at radius 1 is 0.852 bits per heavy atom. The van der Waals surface area contributed by atoms with E-state index in [1.165, 1.54) is 0 Å². The summed E-state index contributed by atoms with van der Waals surface area (Å²) in [4.78, 5) is 0. The molecule has 0 spiro atoms. The minimum Gasteiger partial charge on any atom is -0.382 e.